The molecular formula is C75H78N4O4S2. The van der Waals surface area contributed by atoms with E-state index in [1.807, 2.05) is 144 Å². The molecule has 0 amide bonds. The Balaban J connectivity index is 0.000000186. The highest BCUT2D eigenvalue weighted by atomic mass is 32.1. The average Bonchev–Trinajstić information content (AvgIpc) is 4.25. The zero-order chi connectivity index (χ0) is 61.5. The van der Waals surface area contributed by atoms with E-state index in [1.165, 1.54) is 42.4 Å². The van der Waals surface area contributed by atoms with Crippen molar-refractivity contribution < 1.29 is 19.1 Å². The number of ketones is 2. The average molecular weight is 1160 g/mol. The Hall–Kier alpha value is -8.96. The first kappa shape index (κ1) is 65.2. The lowest BCUT2D eigenvalue weighted by Crippen LogP contribution is -2.18. The van der Waals surface area contributed by atoms with Crippen molar-refractivity contribution in [3.8, 4) is 23.0 Å². The molecule has 0 unspecified atom stereocenters. The fraction of sp³-hybridized carbons (Fsp3) is 0.200. The smallest absolute Gasteiger partial charge is 0.193 e. The molecule has 11 aromatic rings. The van der Waals surface area contributed by atoms with E-state index in [9.17, 15) is 9.59 Å². The molecule has 85 heavy (non-hydrogen) atoms. The Morgan fingerprint density at radius 1 is 0.365 bits per heavy atom. The van der Waals surface area contributed by atoms with Gasteiger partial charge < -0.3 is 9.47 Å². The summed E-state index contributed by atoms with van der Waals surface area (Å²) in [5.74, 6) is 3.30. The van der Waals surface area contributed by atoms with Crippen LogP contribution in [-0.4, -0.2) is 31.5 Å². The normalized spacial score (nSPS) is 10.3. The van der Waals surface area contributed by atoms with E-state index in [0.717, 1.165) is 56.9 Å². The van der Waals surface area contributed by atoms with Gasteiger partial charge in [-0.1, -0.05) is 151 Å². The fourth-order valence-electron chi connectivity index (χ4n) is 8.31. The largest absolute Gasteiger partial charge is 0.457 e. The minimum Gasteiger partial charge on any atom is -0.457 e. The van der Waals surface area contributed by atoms with Gasteiger partial charge in [0, 0.05) is 67.1 Å². The summed E-state index contributed by atoms with van der Waals surface area (Å²) in [7, 11) is 0. The molecule has 0 aliphatic rings. The van der Waals surface area contributed by atoms with Crippen LogP contribution in [0, 0.1) is 83.1 Å². The first-order valence-corrected chi connectivity index (χ1v) is 29.9. The highest BCUT2D eigenvalue weighted by Crippen LogP contribution is 2.35. The number of aryl methyl sites for hydroxylation is 12. The monoisotopic (exact) mass is 1160 g/mol. The molecule has 0 N–H and O–H groups in total. The van der Waals surface area contributed by atoms with Crippen LogP contribution in [0.15, 0.2) is 218 Å². The van der Waals surface area contributed by atoms with Gasteiger partial charge in [0.15, 0.2) is 11.6 Å². The molecule has 0 atom stereocenters. The molecule has 434 valence electrons. The fourth-order valence-corrected chi connectivity index (χ4v) is 9.78. The number of carbonyl (C=O) groups is 2. The number of rotatable bonds is 10. The van der Waals surface area contributed by atoms with E-state index in [0.29, 0.717) is 22.3 Å². The summed E-state index contributed by atoms with van der Waals surface area (Å²) in [5.41, 5.74) is 14.7. The molecule has 0 saturated carbocycles. The molecule has 4 aromatic heterocycles. The van der Waals surface area contributed by atoms with Crippen molar-refractivity contribution in [1.29, 1.82) is 0 Å². The summed E-state index contributed by atoms with van der Waals surface area (Å²) in [6.45, 7) is 28.7. The van der Waals surface area contributed by atoms with Gasteiger partial charge >= 0.3 is 0 Å². The van der Waals surface area contributed by atoms with Gasteiger partial charge in [-0.3, -0.25) is 29.5 Å². The second-order valence-corrected chi connectivity index (χ2v) is 24.1. The predicted molar refractivity (Wildman–Crippen MR) is 354 cm³/mol. The van der Waals surface area contributed by atoms with E-state index in [2.05, 4.69) is 147 Å². The van der Waals surface area contributed by atoms with Crippen molar-refractivity contribution in [3.63, 3.8) is 0 Å². The van der Waals surface area contributed by atoms with Crippen LogP contribution in [0.2, 0.25) is 0 Å². The Morgan fingerprint density at radius 3 is 1.05 bits per heavy atom. The second-order valence-electron chi connectivity index (χ2n) is 21.5. The molecule has 0 aliphatic carbocycles. The topological polar surface area (TPSA) is 104 Å². The van der Waals surface area contributed by atoms with Crippen molar-refractivity contribution in [1.82, 2.24) is 19.9 Å². The van der Waals surface area contributed by atoms with Crippen LogP contribution in [0.5, 0.6) is 23.0 Å². The standard InChI is InChI=1S/C29H28O2.C22H18O2.2C6H8N2.2C6H8S/c1-21-5-13-25(14-6-21)30-27-17-9-23(10-18-27)29(3,4)24-11-19-28(20-12-24)31-26-15-7-22(2)8-16-26;1-15-6-8-17(9-7-15)21(23)18-10-12-19(13-11-18)22(24)20-5-3-4-16(2)14-20;1-5-3-8-6(2)4-7-5;1-5-3-7-4-6(2)8-5;1-5-3-6(2)7-4-5;1-5-3-4-6(2)7-5/h5-20H,1-4H3;3-14H,1-2H3;2*3-4H,1-2H3;2*3-4H,1-2H3. The zero-order valence-electron chi connectivity index (χ0n) is 51.5. The zero-order valence-corrected chi connectivity index (χ0v) is 53.2. The molecule has 0 bridgehead atoms. The van der Waals surface area contributed by atoms with Crippen LogP contribution in [0.25, 0.3) is 0 Å². The molecule has 10 heteroatoms. The van der Waals surface area contributed by atoms with Crippen LogP contribution in [-0.2, 0) is 5.41 Å². The molecule has 0 spiro atoms. The Morgan fingerprint density at radius 2 is 0.741 bits per heavy atom. The second kappa shape index (κ2) is 32.2. The number of benzene rings is 7. The lowest BCUT2D eigenvalue weighted by atomic mass is 9.78. The quantitative estimate of drug-likeness (QED) is 0.125. The van der Waals surface area contributed by atoms with E-state index in [1.54, 1.807) is 66.5 Å². The number of hydrogen-bond acceptors (Lipinski definition) is 10. The summed E-state index contributed by atoms with van der Waals surface area (Å²) < 4.78 is 11.9. The molecule has 11 rings (SSSR count). The minimum atomic E-state index is -0.134. The Kier molecular flexibility index (Phi) is 24.7. The predicted octanol–water partition coefficient (Wildman–Crippen LogP) is 19.9. The summed E-state index contributed by atoms with van der Waals surface area (Å²) in [5, 5.41) is 2.16. The highest BCUT2D eigenvalue weighted by Gasteiger charge is 2.23. The van der Waals surface area contributed by atoms with Crippen molar-refractivity contribution >= 4 is 34.2 Å². The van der Waals surface area contributed by atoms with Gasteiger partial charge in [-0.25, -0.2) is 0 Å². The van der Waals surface area contributed by atoms with Gasteiger partial charge in [0.2, 0.25) is 0 Å². The van der Waals surface area contributed by atoms with Gasteiger partial charge in [0.25, 0.3) is 0 Å². The van der Waals surface area contributed by atoms with E-state index >= 15 is 0 Å². The lowest BCUT2D eigenvalue weighted by molar-refractivity contribution is 0.102. The molecule has 0 radical (unpaired) electrons. The SMILES string of the molecule is Cc1ccc(C(=O)c2ccc(C(=O)c3cccc(C)c3)cc2)cc1.Cc1ccc(C)s1.Cc1ccc(Oc2ccc(C(C)(C)c3ccc(Oc4ccc(C)cc4)cc3)cc2)cc1.Cc1cnc(C)cn1.Cc1cncc(C)n1.Cc1csc(C)c1. The van der Waals surface area contributed by atoms with E-state index < -0.39 is 0 Å². The third-order valence-corrected chi connectivity index (χ3v) is 15.1. The molecule has 0 fully saturated rings. The first-order valence-electron chi connectivity index (χ1n) is 28.2. The van der Waals surface area contributed by atoms with Crippen LogP contribution >= 0.6 is 22.7 Å². The number of nitrogens with zero attached hydrogens (tertiary/aromatic N) is 4. The van der Waals surface area contributed by atoms with E-state index in [4.69, 9.17) is 9.47 Å². The molecule has 4 heterocycles. The van der Waals surface area contributed by atoms with Crippen molar-refractivity contribution in [3.05, 3.63) is 317 Å². The van der Waals surface area contributed by atoms with Crippen molar-refractivity contribution in [2.45, 2.75) is 102 Å². The summed E-state index contributed by atoms with van der Waals surface area (Å²) in [6.07, 6.45) is 7.00. The van der Waals surface area contributed by atoms with Gasteiger partial charge in [-0.15, -0.1) is 22.7 Å². The maximum absolute atomic E-state index is 12.5. The van der Waals surface area contributed by atoms with Gasteiger partial charge in [0.05, 0.1) is 22.8 Å². The van der Waals surface area contributed by atoms with Crippen molar-refractivity contribution in [2.24, 2.45) is 0 Å². The highest BCUT2D eigenvalue weighted by molar-refractivity contribution is 7.11. The van der Waals surface area contributed by atoms with Gasteiger partial charge in [0.1, 0.15) is 23.0 Å². The van der Waals surface area contributed by atoms with Gasteiger partial charge in [-0.05, 0) is 178 Å². The molecule has 0 aliphatic heterocycles. The number of ether oxygens (including phenoxy) is 2. The van der Waals surface area contributed by atoms with Crippen LogP contribution < -0.4 is 9.47 Å². The van der Waals surface area contributed by atoms with E-state index in [-0.39, 0.29) is 17.0 Å². The molecular weight excluding hydrogens is 1080 g/mol. The van der Waals surface area contributed by atoms with Crippen LogP contribution in [0.3, 0.4) is 0 Å². The molecule has 0 saturated heterocycles. The number of hydrogen-bond donors (Lipinski definition) is 0. The third kappa shape index (κ3) is 22.0. The lowest BCUT2D eigenvalue weighted by Gasteiger charge is -2.26. The third-order valence-electron chi connectivity index (χ3n) is 13.2. The van der Waals surface area contributed by atoms with Gasteiger partial charge in [-0.2, -0.15) is 0 Å². The summed E-state index contributed by atoms with van der Waals surface area (Å²) >= 11 is 3.65. The summed E-state index contributed by atoms with van der Waals surface area (Å²) in [6, 6.07) is 61.2. The number of thiophene rings is 2. The van der Waals surface area contributed by atoms with Crippen LogP contribution in [0.1, 0.15) is 122 Å². The maximum Gasteiger partial charge on any atom is 0.193 e. The number of aromatic nitrogens is 4. The van der Waals surface area contributed by atoms with Crippen molar-refractivity contribution in [2.75, 3.05) is 0 Å². The van der Waals surface area contributed by atoms with Crippen LogP contribution in [0.4, 0.5) is 0 Å². The summed E-state index contributed by atoms with van der Waals surface area (Å²) in [4.78, 5) is 45.2. The maximum atomic E-state index is 12.5. The first-order chi connectivity index (χ1) is 40.6. The Bertz CT molecular complexity index is 3610. The Labute approximate surface area is 512 Å². The number of carbonyl (C=O) groups excluding carboxylic acids is 2. The molecule has 8 nitrogen and oxygen atoms in total. The molecule has 7 aromatic carbocycles. The minimum absolute atomic E-state index is 0.0342.